The fraction of sp³-hybridized carbons (Fsp3) is 0.286. The van der Waals surface area contributed by atoms with Gasteiger partial charge < -0.3 is 15.2 Å². The highest BCUT2D eigenvalue weighted by molar-refractivity contribution is 5.97. The maximum atomic E-state index is 13.1. The van der Waals surface area contributed by atoms with E-state index in [-0.39, 0.29) is 18.8 Å². The first-order valence-corrected chi connectivity index (χ1v) is 5.94. The molecule has 5 nitrogen and oxygen atoms in total. The molecule has 0 saturated carbocycles. The third-order valence-corrected chi connectivity index (χ3v) is 2.57. The summed E-state index contributed by atoms with van der Waals surface area (Å²) >= 11 is 0. The Bertz CT molecular complexity index is 516. The van der Waals surface area contributed by atoms with Gasteiger partial charge in [0.05, 0.1) is 13.2 Å². The van der Waals surface area contributed by atoms with Crippen molar-refractivity contribution in [2.75, 3.05) is 13.2 Å². The zero-order valence-corrected chi connectivity index (χ0v) is 11.1. The van der Waals surface area contributed by atoms with Gasteiger partial charge in [-0.05, 0) is 24.6 Å². The molecule has 108 valence electrons. The van der Waals surface area contributed by atoms with Gasteiger partial charge in [-0.3, -0.25) is 4.79 Å². The summed E-state index contributed by atoms with van der Waals surface area (Å²) < 4.78 is 18.1. The van der Waals surface area contributed by atoms with Crippen molar-refractivity contribution in [3.05, 3.63) is 47.8 Å². The maximum absolute atomic E-state index is 13.1. The number of aliphatic carboxylic acids is 1. The van der Waals surface area contributed by atoms with E-state index in [1.54, 1.807) is 6.92 Å². The van der Waals surface area contributed by atoms with Gasteiger partial charge in [-0.2, -0.15) is 0 Å². The molecule has 1 unspecified atom stereocenters. The highest BCUT2D eigenvalue weighted by atomic mass is 19.1. The normalized spacial score (nSPS) is 11.7. The molecule has 1 aromatic rings. The average molecular weight is 281 g/mol. The Morgan fingerprint density at radius 3 is 2.85 bits per heavy atom. The molecule has 1 rings (SSSR count). The zero-order chi connectivity index (χ0) is 15.1. The van der Waals surface area contributed by atoms with E-state index in [1.807, 2.05) is 0 Å². The third kappa shape index (κ3) is 4.47. The lowest BCUT2D eigenvalue weighted by atomic mass is 10.1. The Morgan fingerprint density at radius 1 is 1.55 bits per heavy atom. The summed E-state index contributed by atoms with van der Waals surface area (Å²) in [6.07, 6.45) is 1.47. The standard InChI is InChI=1S/C14H16FNO4/c1-3-6-20-8-12(14(18)19)16-13(17)11-7-10(15)5-4-9(11)2/h3-5,7,12H,1,6,8H2,2H3,(H,16,17)(H,18,19). The molecule has 0 heterocycles. The molecule has 20 heavy (non-hydrogen) atoms. The van der Waals surface area contributed by atoms with Crippen molar-refractivity contribution in [2.24, 2.45) is 0 Å². The van der Waals surface area contributed by atoms with Crippen LogP contribution in [0.15, 0.2) is 30.9 Å². The second kappa shape index (κ2) is 7.40. The van der Waals surface area contributed by atoms with Gasteiger partial charge in [-0.1, -0.05) is 12.1 Å². The zero-order valence-electron chi connectivity index (χ0n) is 11.1. The summed E-state index contributed by atoms with van der Waals surface area (Å²) in [7, 11) is 0. The molecule has 0 aliphatic heterocycles. The van der Waals surface area contributed by atoms with E-state index in [0.29, 0.717) is 5.56 Å². The molecule has 2 N–H and O–H groups in total. The van der Waals surface area contributed by atoms with Crippen LogP contribution in [0.1, 0.15) is 15.9 Å². The third-order valence-electron chi connectivity index (χ3n) is 2.57. The second-order valence-corrected chi connectivity index (χ2v) is 4.15. The van der Waals surface area contributed by atoms with Crippen LogP contribution < -0.4 is 5.32 Å². The molecule has 0 saturated heterocycles. The molecule has 0 aromatic heterocycles. The smallest absolute Gasteiger partial charge is 0.328 e. The Balaban J connectivity index is 2.77. The number of benzene rings is 1. The number of carboxylic acids is 1. The van der Waals surface area contributed by atoms with Crippen LogP contribution >= 0.6 is 0 Å². The summed E-state index contributed by atoms with van der Waals surface area (Å²) in [5.74, 6) is -2.44. The maximum Gasteiger partial charge on any atom is 0.328 e. The van der Waals surface area contributed by atoms with Gasteiger partial charge in [0.15, 0.2) is 6.04 Å². The van der Waals surface area contributed by atoms with Gasteiger partial charge in [0.2, 0.25) is 0 Å². The summed E-state index contributed by atoms with van der Waals surface area (Å²) in [4.78, 5) is 23.0. The summed E-state index contributed by atoms with van der Waals surface area (Å²) in [5.41, 5.74) is 0.653. The highest BCUT2D eigenvalue weighted by Crippen LogP contribution is 2.10. The van der Waals surface area contributed by atoms with Gasteiger partial charge in [0.1, 0.15) is 5.82 Å². The molecule has 0 fully saturated rings. The molecule has 0 spiro atoms. The molecular weight excluding hydrogens is 265 g/mol. The second-order valence-electron chi connectivity index (χ2n) is 4.15. The molecule has 1 amide bonds. The van der Waals surface area contributed by atoms with Crippen LogP contribution in [0.3, 0.4) is 0 Å². The predicted molar refractivity (Wildman–Crippen MR) is 71.0 cm³/mol. The van der Waals surface area contributed by atoms with Crippen molar-refractivity contribution < 1.29 is 23.8 Å². The van der Waals surface area contributed by atoms with Crippen LogP contribution in [0.25, 0.3) is 0 Å². The lowest BCUT2D eigenvalue weighted by molar-refractivity contribution is -0.140. The number of nitrogens with one attached hydrogen (secondary N) is 1. The number of amides is 1. The fourth-order valence-electron chi connectivity index (χ4n) is 1.52. The minimum absolute atomic E-state index is 0.0972. The molecule has 0 aliphatic rings. The minimum Gasteiger partial charge on any atom is -0.480 e. The van der Waals surface area contributed by atoms with Gasteiger partial charge in [-0.25, -0.2) is 9.18 Å². The van der Waals surface area contributed by atoms with Crippen molar-refractivity contribution in [3.63, 3.8) is 0 Å². The summed E-state index contributed by atoms with van der Waals surface area (Å²) in [6.45, 7) is 5.05. The Labute approximate surface area is 116 Å². The van der Waals surface area contributed by atoms with Crippen LogP contribution in [0, 0.1) is 12.7 Å². The predicted octanol–water partition coefficient (Wildman–Crippen LogP) is 1.52. The van der Waals surface area contributed by atoms with Crippen LogP contribution in [-0.2, 0) is 9.53 Å². The molecule has 0 bridgehead atoms. The molecule has 0 aliphatic carbocycles. The van der Waals surface area contributed by atoms with E-state index in [4.69, 9.17) is 9.84 Å². The first kappa shape index (κ1) is 15.8. The van der Waals surface area contributed by atoms with E-state index < -0.39 is 23.7 Å². The topological polar surface area (TPSA) is 75.6 Å². The van der Waals surface area contributed by atoms with Crippen molar-refractivity contribution in [1.82, 2.24) is 5.32 Å². The van der Waals surface area contributed by atoms with Crippen molar-refractivity contribution in [3.8, 4) is 0 Å². The first-order chi connectivity index (χ1) is 9.45. The van der Waals surface area contributed by atoms with Crippen molar-refractivity contribution >= 4 is 11.9 Å². The van der Waals surface area contributed by atoms with E-state index in [2.05, 4.69) is 11.9 Å². The quantitative estimate of drug-likeness (QED) is 0.587. The Hall–Kier alpha value is -2.21. The molecular formula is C14H16FNO4. The number of carbonyl (C=O) groups excluding carboxylic acids is 1. The molecule has 1 atom stereocenters. The van der Waals surface area contributed by atoms with Gasteiger partial charge in [-0.15, -0.1) is 6.58 Å². The molecule has 6 heteroatoms. The molecule has 1 aromatic carbocycles. The highest BCUT2D eigenvalue weighted by Gasteiger charge is 2.21. The Kier molecular flexibility index (Phi) is 5.86. The number of ether oxygens (including phenoxy) is 1. The van der Waals surface area contributed by atoms with Crippen molar-refractivity contribution in [2.45, 2.75) is 13.0 Å². The lowest BCUT2D eigenvalue weighted by Crippen LogP contribution is -2.44. The number of hydrogen-bond acceptors (Lipinski definition) is 3. The Morgan fingerprint density at radius 2 is 2.25 bits per heavy atom. The number of halogens is 1. The van der Waals surface area contributed by atoms with E-state index in [0.717, 1.165) is 6.07 Å². The van der Waals surface area contributed by atoms with Crippen LogP contribution in [0.2, 0.25) is 0 Å². The number of carboxylic acid groups (broad SMARTS) is 1. The van der Waals surface area contributed by atoms with Gasteiger partial charge in [0.25, 0.3) is 5.91 Å². The van der Waals surface area contributed by atoms with Crippen molar-refractivity contribution in [1.29, 1.82) is 0 Å². The fourth-order valence-corrected chi connectivity index (χ4v) is 1.52. The lowest BCUT2D eigenvalue weighted by Gasteiger charge is -2.15. The number of hydrogen-bond donors (Lipinski definition) is 2. The van der Waals surface area contributed by atoms with Gasteiger partial charge >= 0.3 is 5.97 Å². The van der Waals surface area contributed by atoms with E-state index in [9.17, 15) is 14.0 Å². The number of carbonyl (C=O) groups is 2. The number of aryl methyl sites for hydroxylation is 1. The van der Waals surface area contributed by atoms with Gasteiger partial charge in [0, 0.05) is 5.56 Å². The SMILES string of the molecule is C=CCOCC(NC(=O)c1cc(F)ccc1C)C(=O)O. The van der Waals surface area contributed by atoms with E-state index in [1.165, 1.54) is 18.2 Å². The molecule has 0 radical (unpaired) electrons. The minimum atomic E-state index is -1.23. The average Bonchev–Trinajstić information content (AvgIpc) is 2.40. The van der Waals surface area contributed by atoms with Crippen LogP contribution in [0.5, 0.6) is 0 Å². The monoisotopic (exact) mass is 281 g/mol. The largest absolute Gasteiger partial charge is 0.480 e. The first-order valence-electron chi connectivity index (χ1n) is 5.94. The van der Waals surface area contributed by atoms with E-state index >= 15 is 0 Å². The van der Waals surface area contributed by atoms with Crippen LogP contribution in [0.4, 0.5) is 4.39 Å². The summed E-state index contributed by atoms with van der Waals surface area (Å²) in [6, 6.07) is 2.54. The summed E-state index contributed by atoms with van der Waals surface area (Å²) in [5, 5.41) is 11.3. The van der Waals surface area contributed by atoms with Crippen LogP contribution in [-0.4, -0.2) is 36.2 Å². The number of rotatable bonds is 7.